The maximum atomic E-state index is 13.2. The predicted molar refractivity (Wildman–Crippen MR) is 148 cm³/mol. The second-order valence-electron chi connectivity index (χ2n) is 8.82. The number of rotatable bonds is 12. The van der Waals surface area contributed by atoms with E-state index >= 15 is 0 Å². The number of pyridine rings is 1. The molecule has 38 heavy (non-hydrogen) atoms. The van der Waals surface area contributed by atoms with Crippen molar-refractivity contribution in [2.45, 2.75) is 23.6 Å². The summed E-state index contributed by atoms with van der Waals surface area (Å²) in [5, 5.41) is 10.5. The fourth-order valence-electron chi connectivity index (χ4n) is 3.98. The Morgan fingerprint density at radius 3 is 2.87 bits per heavy atom. The number of benzene rings is 1. The summed E-state index contributed by atoms with van der Waals surface area (Å²) in [5.74, 6) is 0.427. The molecule has 1 atom stereocenters. The van der Waals surface area contributed by atoms with Crippen LogP contribution in [0.5, 0.6) is 5.75 Å². The smallest absolute Gasteiger partial charge is 0.279 e. The van der Waals surface area contributed by atoms with Gasteiger partial charge in [0.25, 0.3) is 10.0 Å². The van der Waals surface area contributed by atoms with Gasteiger partial charge in [0.15, 0.2) is 5.03 Å². The molecule has 204 valence electrons. The van der Waals surface area contributed by atoms with Crippen LogP contribution in [0.25, 0.3) is 10.9 Å². The van der Waals surface area contributed by atoms with Gasteiger partial charge in [-0.05, 0) is 30.7 Å². The number of aliphatic hydroxyl groups is 1. The number of aryl methyl sites for hydroxylation is 1. The minimum Gasteiger partial charge on any atom is -0.491 e. The Morgan fingerprint density at radius 1 is 1.32 bits per heavy atom. The topological polar surface area (TPSA) is 146 Å². The number of sulfonamides is 1. The molecule has 4 rings (SSSR count). The van der Waals surface area contributed by atoms with Crippen molar-refractivity contribution in [3.63, 3.8) is 0 Å². The number of ether oxygens (including phenoxy) is 2. The van der Waals surface area contributed by atoms with Crippen molar-refractivity contribution in [3.8, 4) is 5.75 Å². The molecule has 3 heterocycles. The first-order valence-corrected chi connectivity index (χ1v) is 14.4. The lowest BCUT2D eigenvalue weighted by atomic mass is 10.2. The quantitative estimate of drug-likeness (QED) is 0.286. The minimum atomic E-state index is -3.98. The normalized spacial score (nSPS) is 15.5. The number of nitrogens with one attached hydrogen (secondary N) is 2. The Balaban J connectivity index is 1.61. The Morgan fingerprint density at radius 2 is 2.13 bits per heavy atom. The number of likely N-dealkylation sites (N-methyl/N-ethyl adjacent to an activating group) is 1. The average Bonchev–Trinajstić information content (AvgIpc) is 3.51. The third-order valence-corrected chi connectivity index (χ3v) is 8.58. The molecule has 3 aromatic rings. The highest BCUT2D eigenvalue weighted by Gasteiger charge is 2.26. The number of hydrogen-bond acceptors (Lipinski definition) is 9. The molecule has 1 aromatic carbocycles. The molecule has 0 radical (unpaired) electrons. The second-order valence-corrected chi connectivity index (χ2v) is 11.7. The Kier molecular flexibility index (Phi) is 8.92. The maximum absolute atomic E-state index is 13.2. The van der Waals surface area contributed by atoms with E-state index in [0.717, 1.165) is 10.4 Å². The molecule has 1 amide bonds. The van der Waals surface area contributed by atoms with E-state index in [1.165, 1.54) is 22.9 Å². The highest BCUT2D eigenvalue weighted by Crippen LogP contribution is 2.35. The molecular formula is C25H31N5O6S2. The first kappa shape index (κ1) is 27.9. The largest absolute Gasteiger partial charge is 0.491 e. The molecule has 0 fully saturated rings. The zero-order valence-corrected chi connectivity index (χ0v) is 23.1. The first-order chi connectivity index (χ1) is 18.2. The Labute approximate surface area is 225 Å². The van der Waals surface area contributed by atoms with Gasteiger partial charge in [0.1, 0.15) is 17.4 Å². The van der Waals surface area contributed by atoms with Crippen LogP contribution >= 0.6 is 11.8 Å². The molecule has 0 saturated carbocycles. The number of aliphatic hydroxyl groups excluding tert-OH is 1. The summed E-state index contributed by atoms with van der Waals surface area (Å²) in [6.07, 6.45) is 1.74. The number of anilines is 1. The van der Waals surface area contributed by atoms with Crippen LogP contribution in [0.2, 0.25) is 0 Å². The van der Waals surface area contributed by atoms with Gasteiger partial charge in [-0.2, -0.15) is 8.42 Å². The number of aromatic amines is 1. The monoisotopic (exact) mass is 561 g/mol. The SMILES string of the molecule is COCCOc1cc(NS(=O)(=O)c2ncccc2C)c2[nH]c(C3=NCC(CC(=O)N(C)CCO)S3)cc2c1. The van der Waals surface area contributed by atoms with Crippen LogP contribution < -0.4 is 9.46 Å². The number of H-pyrrole nitrogens is 1. The number of fused-ring (bicyclic) bond motifs is 1. The highest BCUT2D eigenvalue weighted by molar-refractivity contribution is 8.15. The molecule has 2 aromatic heterocycles. The summed E-state index contributed by atoms with van der Waals surface area (Å²) in [6.45, 7) is 3.06. The zero-order chi connectivity index (χ0) is 27.3. The predicted octanol–water partition coefficient (Wildman–Crippen LogP) is 2.40. The van der Waals surface area contributed by atoms with E-state index in [1.807, 2.05) is 12.1 Å². The molecule has 1 aliphatic rings. The van der Waals surface area contributed by atoms with Gasteiger partial charge in [0.2, 0.25) is 5.91 Å². The van der Waals surface area contributed by atoms with Crippen LogP contribution in [0, 0.1) is 6.92 Å². The number of aliphatic imine (C=N–C) groups is 1. The van der Waals surface area contributed by atoms with Gasteiger partial charge in [-0.3, -0.25) is 14.5 Å². The molecule has 0 spiro atoms. The molecule has 1 unspecified atom stereocenters. The maximum Gasteiger partial charge on any atom is 0.279 e. The molecule has 0 saturated heterocycles. The number of hydrogen-bond donors (Lipinski definition) is 3. The van der Waals surface area contributed by atoms with Gasteiger partial charge in [-0.25, -0.2) is 4.98 Å². The summed E-state index contributed by atoms with van der Waals surface area (Å²) in [5.41, 5.74) is 2.12. The van der Waals surface area contributed by atoms with E-state index in [2.05, 4.69) is 19.7 Å². The lowest BCUT2D eigenvalue weighted by molar-refractivity contribution is -0.130. The molecule has 13 heteroatoms. The third kappa shape index (κ3) is 6.46. The second kappa shape index (κ2) is 12.2. The van der Waals surface area contributed by atoms with Crippen molar-refractivity contribution >= 4 is 49.3 Å². The molecule has 1 aliphatic heterocycles. The van der Waals surface area contributed by atoms with Crippen LogP contribution in [0.1, 0.15) is 17.7 Å². The summed E-state index contributed by atoms with van der Waals surface area (Å²) in [4.78, 5) is 25.9. The molecule has 3 N–H and O–H groups in total. The van der Waals surface area contributed by atoms with Crippen LogP contribution in [0.3, 0.4) is 0 Å². The van der Waals surface area contributed by atoms with E-state index in [9.17, 15) is 13.2 Å². The van der Waals surface area contributed by atoms with Gasteiger partial charge in [-0.15, -0.1) is 0 Å². The van der Waals surface area contributed by atoms with Crippen molar-refractivity contribution < 1.29 is 27.8 Å². The highest BCUT2D eigenvalue weighted by atomic mass is 32.2. The average molecular weight is 562 g/mol. The van der Waals surface area contributed by atoms with Gasteiger partial charge >= 0.3 is 0 Å². The van der Waals surface area contributed by atoms with Crippen molar-refractivity contribution in [1.29, 1.82) is 0 Å². The van der Waals surface area contributed by atoms with Crippen molar-refractivity contribution in [2.75, 3.05) is 51.8 Å². The van der Waals surface area contributed by atoms with E-state index in [0.29, 0.717) is 54.4 Å². The zero-order valence-electron chi connectivity index (χ0n) is 21.4. The number of aromatic nitrogens is 2. The third-order valence-electron chi connectivity index (χ3n) is 5.93. The van der Waals surface area contributed by atoms with Gasteiger partial charge in [0.05, 0.1) is 36.7 Å². The Bertz CT molecular complexity index is 1440. The fraction of sp³-hybridized carbons (Fsp3) is 0.400. The minimum absolute atomic E-state index is 0.0249. The number of nitrogens with zero attached hydrogens (tertiary/aromatic N) is 3. The van der Waals surface area contributed by atoms with Crippen molar-refractivity contribution in [2.24, 2.45) is 4.99 Å². The van der Waals surface area contributed by atoms with E-state index < -0.39 is 10.0 Å². The number of amides is 1. The number of thioether (sulfide) groups is 1. The standard InChI is InChI=1S/C25H31N5O6S2/c1-16-5-4-6-26-25(16)38(33,34)29-20-13-18(36-10-9-35-3)11-17-12-21(28-23(17)20)24-27-15-19(37-24)14-22(32)30(2)7-8-31/h4-6,11-13,19,28-29,31H,7-10,14-15H2,1-3H3. The number of carbonyl (C=O) groups is 1. The molecule has 11 nitrogen and oxygen atoms in total. The summed E-state index contributed by atoms with van der Waals surface area (Å²) >= 11 is 1.49. The number of carbonyl (C=O) groups excluding carboxylic acids is 1. The van der Waals surface area contributed by atoms with E-state index in [-0.39, 0.29) is 29.3 Å². The number of methoxy groups -OCH3 is 1. The van der Waals surface area contributed by atoms with E-state index in [1.54, 1.807) is 39.3 Å². The van der Waals surface area contributed by atoms with Crippen LogP contribution in [-0.4, -0.2) is 91.7 Å². The van der Waals surface area contributed by atoms with Gasteiger partial charge in [-0.1, -0.05) is 17.8 Å². The molecule has 0 bridgehead atoms. The Hall–Kier alpha value is -3.13. The molecular weight excluding hydrogens is 530 g/mol. The van der Waals surface area contributed by atoms with Gasteiger partial charge < -0.3 is 24.5 Å². The van der Waals surface area contributed by atoms with Crippen molar-refractivity contribution in [1.82, 2.24) is 14.9 Å². The van der Waals surface area contributed by atoms with Crippen LogP contribution in [0.4, 0.5) is 5.69 Å². The fourth-order valence-corrected chi connectivity index (χ4v) is 6.30. The van der Waals surface area contributed by atoms with Gasteiger partial charge in [0, 0.05) is 50.0 Å². The summed E-state index contributed by atoms with van der Waals surface area (Å²) < 4.78 is 40.0. The van der Waals surface area contributed by atoms with Crippen molar-refractivity contribution in [3.05, 3.63) is 47.8 Å². The van der Waals surface area contributed by atoms with Crippen LogP contribution in [0.15, 0.2) is 46.5 Å². The lowest BCUT2D eigenvalue weighted by Crippen LogP contribution is -2.31. The molecule has 0 aliphatic carbocycles. The summed E-state index contributed by atoms with van der Waals surface area (Å²) in [6, 6.07) is 8.69. The van der Waals surface area contributed by atoms with Crippen LogP contribution in [-0.2, 0) is 19.6 Å². The lowest BCUT2D eigenvalue weighted by Gasteiger charge is -2.17. The van der Waals surface area contributed by atoms with E-state index in [4.69, 9.17) is 14.6 Å². The first-order valence-electron chi connectivity index (χ1n) is 12.0. The summed E-state index contributed by atoms with van der Waals surface area (Å²) in [7, 11) is -0.739.